The van der Waals surface area contributed by atoms with Crippen molar-refractivity contribution in [3.05, 3.63) is 41.9 Å². The molecule has 106 valence electrons. The highest BCUT2D eigenvalue weighted by atomic mass is 32.2. The first kappa shape index (κ1) is 14.1. The smallest absolute Gasteiger partial charge is 0.352 e. The fraction of sp³-hybridized carbons (Fsp3) is 0.167. The summed E-state index contributed by atoms with van der Waals surface area (Å²) in [5.74, 6) is -1.01. The third-order valence-corrected chi connectivity index (χ3v) is 3.99. The van der Waals surface area contributed by atoms with Crippen LogP contribution < -0.4 is 4.72 Å². The highest BCUT2D eigenvalue weighted by Gasteiger charge is 2.20. The van der Waals surface area contributed by atoms with Crippen LogP contribution >= 0.6 is 0 Å². The zero-order chi connectivity index (χ0) is 14.9. The summed E-state index contributed by atoms with van der Waals surface area (Å²) < 4.78 is 27.8. The van der Waals surface area contributed by atoms with Gasteiger partial charge in [-0.2, -0.15) is 0 Å². The first-order valence-corrected chi connectivity index (χ1v) is 7.13. The zero-order valence-corrected chi connectivity index (χ0v) is 11.7. The van der Waals surface area contributed by atoms with Gasteiger partial charge in [-0.05, 0) is 30.7 Å². The summed E-state index contributed by atoms with van der Waals surface area (Å²) in [6.07, 6.45) is 2.72. The molecular weight excluding hydrogens is 282 g/mol. The predicted octanol–water partition coefficient (Wildman–Crippen LogP) is 1.23. The van der Waals surface area contributed by atoms with Crippen LogP contribution in [0, 0.1) is 6.92 Å². The number of aromatic carboxylic acids is 1. The number of anilines is 1. The number of carboxylic acid groups (broad SMARTS) is 1. The Balaban J connectivity index is 2.36. The van der Waals surface area contributed by atoms with Crippen LogP contribution in [0.2, 0.25) is 0 Å². The molecular formula is C12H13N3O4S. The average molecular weight is 295 g/mol. The monoisotopic (exact) mass is 295 g/mol. The zero-order valence-electron chi connectivity index (χ0n) is 10.9. The van der Waals surface area contributed by atoms with E-state index in [1.54, 1.807) is 12.1 Å². The minimum atomic E-state index is -3.86. The summed E-state index contributed by atoms with van der Waals surface area (Å²) in [5.41, 5.74) is 0.750. The van der Waals surface area contributed by atoms with E-state index >= 15 is 0 Å². The van der Waals surface area contributed by atoms with Gasteiger partial charge in [0, 0.05) is 19.4 Å². The molecule has 0 fully saturated rings. The number of nitrogens with zero attached hydrogens (tertiary/aromatic N) is 2. The molecule has 0 aliphatic rings. The molecule has 0 spiro atoms. The number of carboxylic acids is 1. The van der Waals surface area contributed by atoms with Gasteiger partial charge < -0.3 is 9.67 Å². The van der Waals surface area contributed by atoms with Crippen LogP contribution in [0.3, 0.4) is 0 Å². The third kappa shape index (κ3) is 2.80. The van der Waals surface area contributed by atoms with Crippen molar-refractivity contribution in [3.63, 3.8) is 0 Å². The predicted molar refractivity (Wildman–Crippen MR) is 72.2 cm³/mol. The Bertz CT molecular complexity index is 765. The van der Waals surface area contributed by atoms with Crippen LogP contribution in [-0.4, -0.2) is 29.0 Å². The standard InChI is InChI=1S/C12H13N3O4S/c1-8-3-4-13-11(5-8)14-20(18,19)9-6-10(12(16)17)15(2)7-9/h3-7H,1-2H3,(H,13,14)(H,16,17). The van der Waals surface area contributed by atoms with Gasteiger partial charge in [0.2, 0.25) is 0 Å². The van der Waals surface area contributed by atoms with Crippen molar-refractivity contribution < 1.29 is 18.3 Å². The Morgan fingerprint density at radius 3 is 2.65 bits per heavy atom. The molecule has 2 aromatic heterocycles. The highest BCUT2D eigenvalue weighted by molar-refractivity contribution is 7.92. The number of carbonyl (C=O) groups is 1. The molecule has 2 aromatic rings. The summed E-state index contributed by atoms with van der Waals surface area (Å²) in [4.78, 5) is 14.7. The molecule has 2 N–H and O–H groups in total. The highest BCUT2D eigenvalue weighted by Crippen LogP contribution is 2.17. The molecule has 20 heavy (non-hydrogen) atoms. The van der Waals surface area contributed by atoms with Gasteiger partial charge >= 0.3 is 5.97 Å². The number of nitrogens with one attached hydrogen (secondary N) is 1. The molecule has 0 unspecified atom stereocenters. The Labute approximate surface area is 115 Å². The van der Waals surface area contributed by atoms with Crippen molar-refractivity contribution in [2.75, 3.05) is 4.72 Å². The fourth-order valence-electron chi connectivity index (χ4n) is 1.68. The second kappa shape index (κ2) is 4.97. The van der Waals surface area contributed by atoms with E-state index in [0.717, 1.165) is 11.6 Å². The molecule has 0 saturated carbocycles. The van der Waals surface area contributed by atoms with Crippen molar-refractivity contribution in [1.82, 2.24) is 9.55 Å². The van der Waals surface area contributed by atoms with E-state index in [4.69, 9.17) is 5.11 Å². The van der Waals surface area contributed by atoms with Crippen LogP contribution in [0.4, 0.5) is 5.82 Å². The lowest BCUT2D eigenvalue weighted by molar-refractivity contribution is 0.0686. The van der Waals surface area contributed by atoms with Gasteiger partial charge in [-0.25, -0.2) is 18.2 Å². The topological polar surface area (TPSA) is 101 Å². The molecule has 0 bridgehead atoms. The van der Waals surface area contributed by atoms with Crippen LogP contribution in [-0.2, 0) is 17.1 Å². The summed E-state index contributed by atoms with van der Waals surface area (Å²) in [6.45, 7) is 1.81. The van der Waals surface area contributed by atoms with Gasteiger partial charge in [0.05, 0.1) is 0 Å². The average Bonchev–Trinajstić information content (AvgIpc) is 2.71. The van der Waals surface area contributed by atoms with Crippen molar-refractivity contribution in [1.29, 1.82) is 0 Å². The second-order valence-electron chi connectivity index (χ2n) is 4.30. The lowest BCUT2D eigenvalue weighted by atomic mass is 10.3. The normalized spacial score (nSPS) is 11.3. The van der Waals surface area contributed by atoms with E-state index in [0.29, 0.717) is 0 Å². The summed E-state index contributed by atoms with van der Waals surface area (Å²) >= 11 is 0. The van der Waals surface area contributed by atoms with Crippen LogP contribution in [0.1, 0.15) is 16.1 Å². The van der Waals surface area contributed by atoms with Crippen LogP contribution in [0.5, 0.6) is 0 Å². The minimum Gasteiger partial charge on any atom is -0.477 e. The second-order valence-corrected chi connectivity index (χ2v) is 5.98. The number of aromatic nitrogens is 2. The van der Waals surface area contributed by atoms with Gasteiger partial charge in [-0.15, -0.1) is 0 Å². The molecule has 2 rings (SSSR count). The molecule has 0 aromatic carbocycles. The van der Waals surface area contributed by atoms with Gasteiger partial charge in [0.25, 0.3) is 10.0 Å². The molecule has 2 heterocycles. The number of pyridine rings is 1. The van der Waals surface area contributed by atoms with E-state index in [1.807, 2.05) is 6.92 Å². The Morgan fingerprint density at radius 2 is 2.10 bits per heavy atom. The Hall–Kier alpha value is -2.35. The Morgan fingerprint density at radius 1 is 1.40 bits per heavy atom. The summed E-state index contributed by atoms with van der Waals surface area (Å²) in [7, 11) is -2.40. The molecule has 0 aliphatic heterocycles. The lowest BCUT2D eigenvalue weighted by Gasteiger charge is -2.05. The number of hydrogen-bond donors (Lipinski definition) is 2. The number of sulfonamides is 1. The number of hydrogen-bond acceptors (Lipinski definition) is 4. The maximum absolute atomic E-state index is 12.1. The Kier molecular flexibility index (Phi) is 3.49. The minimum absolute atomic E-state index is 0.109. The van der Waals surface area contributed by atoms with E-state index in [9.17, 15) is 13.2 Å². The third-order valence-electron chi connectivity index (χ3n) is 2.66. The maximum atomic E-state index is 12.1. The van der Waals surface area contributed by atoms with Crippen LogP contribution in [0.15, 0.2) is 35.5 Å². The number of rotatable bonds is 4. The van der Waals surface area contributed by atoms with Gasteiger partial charge in [-0.1, -0.05) is 0 Å². The van der Waals surface area contributed by atoms with E-state index in [-0.39, 0.29) is 16.4 Å². The molecule has 7 nitrogen and oxygen atoms in total. The lowest BCUT2D eigenvalue weighted by Crippen LogP contribution is -2.13. The maximum Gasteiger partial charge on any atom is 0.352 e. The van der Waals surface area contributed by atoms with Crippen molar-refractivity contribution in [3.8, 4) is 0 Å². The van der Waals surface area contributed by atoms with Crippen molar-refractivity contribution in [2.24, 2.45) is 7.05 Å². The first-order valence-electron chi connectivity index (χ1n) is 5.65. The van der Waals surface area contributed by atoms with E-state index < -0.39 is 16.0 Å². The molecule has 0 saturated heterocycles. The largest absolute Gasteiger partial charge is 0.477 e. The van der Waals surface area contributed by atoms with Gasteiger partial charge in [0.15, 0.2) is 0 Å². The first-order chi connectivity index (χ1) is 9.29. The molecule has 0 atom stereocenters. The van der Waals surface area contributed by atoms with E-state index in [1.165, 1.54) is 24.0 Å². The quantitative estimate of drug-likeness (QED) is 0.883. The summed E-state index contributed by atoms with van der Waals surface area (Å²) in [5, 5.41) is 8.92. The molecule has 0 radical (unpaired) electrons. The molecule has 0 aliphatic carbocycles. The van der Waals surface area contributed by atoms with Gasteiger partial charge in [-0.3, -0.25) is 4.72 Å². The SMILES string of the molecule is Cc1ccnc(NS(=O)(=O)c2cc(C(=O)O)n(C)c2)c1. The van der Waals surface area contributed by atoms with Crippen molar-refractivity contribution >= 4 is 21.8 Å². The fourth-order valence-corrected chi connectivity index (χ4v) is 2.75. The van der Waals surface area contributed by atoms with Crippen molar-refractivity contribution in [2.45, 2.75) is 11.8 Å². The van der Waals surface area contributed by atoms with Gasteiger partial charge in [0.1, 0.15) is 16.4 Å². The number of aryl methyl sites for hydroxylation is 2. The summed E-state index contributed by atoms with van der Waals surface area (Å²) in [6, 6.07) is 4.42. The molecule has 8 heteroatoms. The van der Waals surface area contributed by atoms with Crippen LogP contribution in [0.25, 0.3) is 0 Å². The van der Waals surface area contributed by atoms with E-state index in [2.05, 4.69) is 9.71 Å². The molecule has 0 amide bonds.